The number of ether oxygens (including phenoxy) is 1. The zero-order valence-corrected chi connectivity index (χ0v) is 15.8. The van der Waals surface area contributed by atoms with Crippen molar-refractivity contribution in [2.24, 2.45) is 0 Å². The third kappa shape index (κ3) is 6.04. The SMILES string of the molecule is CCCCOc1ccc(C(=O)/C=C/Nc2ccc(S(C)(=O)=O)cc2)cc1. The lowest BCUT2D eigenvalue weighted by atomic mass is 10.1. The van der Waals surface area contributed by atoms with Crippen LogP contribution in [0.4, 0.5) is 5.69 Å². The number of sulfone groups is 1. The molecule has 1 N–H and O–H groups in total. The Kier molecular flexibility index (Phi) is 6.97. The first-order valence-electron chi connectivity index (χ1n) is 8.40. The summed E-state index contributed by atoms with van der Waals surface area (Å²) < 4.78 is 28.4. The second-order valence-electron chi connectivity index (χ2n) is 5.86. The molecule has 0 unspecified atom stereocenters. The number of benzene rings is 2. The molecule has 6 heteroatoms. The van der Waals surface area contributed by atoms with Crippen LogP contribution in [0.3, 0.4) is 0 Å². The van der Waals surface area contributed by atoms with E-state index < -0.39 is 9.84 Å². The molecule has 2 aromatic carbocycles. The Morgan fingerprint density at radius 3 is 2.31 bits per heavy atom. The normalized spacial score (nSPS) is 11.5. The summed E-state index contributed by atoms with van der Waals surface area (Å²) in [6.45, 7) is 2.78. The maximum Gasteiger partial charge on any atom is 0.187 e. The molecule has 2 rings (SSSR count). The molecule has 0 saturated heterocycles. The van der Waals surface area contributed by atoms with Gasteiger partial charge in [0, 0.05) is 29.8 Å². The number of carbonyl (C=O) groups is 1. The highest BCUT2D eigenvalue weighted by Crippen LogP contribution is 2.15. The number of hydrogen-bond acceptors (Lipinski definition) is 5. The van der Waals surface area contributed by atoms with Gasteiger partial charge in [-0.15, -0.1) is 0 Å². The van der Waals surface area contributed by atoms with Crippen molar-refractivity contribution in [3.8, 4) is 5.75 Å². The molecule has 0 saturated carbocycles. The van der Waals surface area contributed by atoms with Crippen molar-refractivity contribution in [2.45, 2.75) is 24.7 Å². The maximum absolute atomic E-state index is 12.1. The molecule has 0 aromatic heterocycles. The van der Waals surface area contributed by atoms with Crippen LogP contribution in [0.15, 0.2) is 65.7 Å². The summed E-state index contributed by atoms with van der Waals surface area (Å²) in [5, 5.41) is 2.95. The third-order valence-corrected chi connectivity index (χ3v) is 4.80. The number of rotatable bonds is 9. The van der Waals surface area contributed by atoms with E-state index in [0.717, 1.165) is 24.8 Å². The van der Waals surface area contributed by atoms with Crippen LogP contribution in [0.1, 0.15) is 30.1 Å². The maximum atomic E-state index is 12.1. The Morgan fingerprint density at radius 2 is 1.73 bits per heavy atom. The smallest absolute Gasteiger partial charge is 0.187 e. The molecule has 0 aliphatic rings. The van der Waals surface area contributed by atoms with Crippen LogP contribution in [0, 0.1) is 0 Å². The van der Waals surface area contributed by atoms with Crippen LogP contribution in [0.2, 0.25) is 0 Å². The molecule has 0 aliphatic heterocycles. The standard InChI is InChI=1S/C20H23NO4S/c1-3-4-15-25-18-9-5-16(6-10-18)20(22)13-14-21-17-7-11-19(12-8-17)26(2,23)24/h5-14,21H,3-4,15H2,1-2H3/b14-13+. The van der Waals surface area contributed by atoms with Crippen molar-refractivity contribution >= 4 is 21.3 Å². The monoisotopic (exact) mass is 373 g/mol. The minimum atomic E-state index is -3.21. The highest BCUT2D eigenvalue weighted by Gasteiger charge is 2.06. The average Bonchev–Trinajstić information content (AvgIpc) is 2.62. The quantitative estimate of drug-likeness (QED) is 0.407. The van der Waals surface area contributed by atoms with Gasteiger partial charge in [0.25, 0.3) is 0 Å². The molecule has 0 atom stereocenters. The van der Waals surface area contributed by atoms with Crippen LogP contribution >= 0.6 is 0 Å². The van der Waals surface area contributed by atoms with Crippen LogP contribution in [0.5, 0.6) is 5.75 Å². The van der Waals surface area contributed by atoms with Gasteiger partial charge in [-0.25, -0.2) is 8.42 Å². The predicted molar refractivity (Wildman–Crippen MR) is 103 cm³/mol. The van der Waals surface area contributed by atoms with E-state index in [4.69, 9.17) is 4.74 Å². The van der Waals surface area contributed by atoms with E-state index in [2.05, 4.69) is 12.2 Å². The number of anilines is 1. The molecule has 2 aromatic rings. The Balaban J connectivity index is 1.90. The van der Waals surface area contributed by atoms with Gasteiger partial charge in [0.2, 0.25) is 0 Å². The molecule has 0 radical (unpaired) electrons. The molecule has 0 aliphatic carbocycles. The number of ketones is 1. The Morgan fingerprint density at radius 1 is 1.08 bits per heavy atom. The number of allylic oxidation sites excluding steroid dienone is 1. The van der Waals surface area contributed by atoms with Crippen molar-refractivity contribution in [3.63, 3.8) is 0 Å². The second-order valence-corrected chi connectivity index (χ2v) is 7.88. The first kappa shape index (κ1) is 19.7. The minimum Gasteiger partial charge on any atom is -0.494 e. The largest absolute Gasteiger partial charge is 0.494 e. The lowest BCUT2D eigenvalue weighted by Gasteiger charge is -2.05. The van der Waals surface area contributed by atoms with Crippen molar-refractivity contribution < 1.29 is 17.9 Å². The molecule has 0 fully saturated rings. The zero-order valence-electron chi connectivity index (χ0n) is 14.9. The van der Waals surface area contributed by atoms with Crippen LogP contribution in [0.25, 0.3) is 0 Å². The third-order valence-electron chi connectivity index (χ3n) is 3.67. The van der Waals surface area contributed by atoms with Gasteiger partial charge in [-0.2, -0.15) is 0 Å². The van der Waals surface area contributed by atoms with Crippen molar-refractivity contribution in [3.05, 3.63) is 66.4 Å². The van der Waals surface area contributed by atoms with E-state index in [1.165, 1.54) is 24.4 Å². The van der Waals surface area contributed by atoms with Gasteiger partial charge < -0.3 is 10.1 Å². The topological polar surface area (TPSA) is 72.5 Å². The van der Waals surface area contributed by atoms with E-state index in [1.807, 2.05) is 0 Å². The average molecular weight is 373 g/mol. The van der Waals surface area contributed by atoms with Gasteiger partial charge in [-0.05, 0) is 55.0 Å². The van der Waals surface area contributed by atoms with E-state index >= 15 is 0 Å². The summed E-state index contributed by atoms with van der Waals surface area (Å²) in [6, 6.07) is 13.4. The Labute approximate surface area is 154 Å². The van der Waals surface area contributed by atoms with Crippen LogP contribution in [-0.2, 0) is 9.84 Å². The molecule has 0 amide bonds. The van der Waals surface area contributed by atoms with Gasteiger partial charge in [-0.3, -0.25) is 4.79 Å². The highest BCUT2D eigenvalue weighted by atomic mass is 32.2. The van der Waals surface area contributed by atoms with Crippen LogP contribution < -0.4 is 10.1 Å². The summed E-state index contributed by atoms with van der Waals surface area (Å²) in [7, 11) is -3.21. The van der Waals surface area contributed by atoms with Crippen molar-refractivity contribution in [1.29, 1.82) is 0 Å². The highest BCUT2D eigenvalue weighted by molar-refractivity contribution is 7.90. The van der Waals surface area contributed by atoms with Crippen molar-refractivity contribution in [2.75, 3.05) is 18.2 Å². The molecule has 26 heavy (non-hydrogen) atoms. The molecule has 5 nitrogen and oxygen atoms in total. The van der Waals surface area contributed by atoms with Gasteiger partial charge in [0.1, 0.15) is 5.75 Å². The summed E-state index contributed by atoms with van der Waals surface area (Å²) >= 11 is 0. The second kappa shape index (κ2) is 9.20. The van der Waals surface area contributed by atoms with Gasteiger partial charge >= 0.3 is 0 Å². The van der Waals surface area contributed by atoms with E-state index in [0.29, 0.717) is 17.9 Å². The Hall–Kier alpha value is -2.60. The zero-order chi connectivity index (χ0) is 19.0. The summed E-state index contributed by atoms with van der Waals surface area (Å²) in [6.07, 6.45) is 6.20. The molecular weight excluding hydrogens is 350 g/mol. The molecule has 0 bridgehead atoms. The lowest BCUT2D eigenvalue weighted by molar-refractivity contribution is 0.104. The summed E-state index contributed by atoms with van der Waals surface area (Å²) in [5.74, 6) is 0.619. The molecule has 138 valence electrons. The number of hydrogen-bond donors (Lipinski definition) is 1. The van der Waals surface area contributed by atoms with E-state index in [9.17, 15) is 13.2 Å². The van der Waals surface area contributed by atoms with Crippen LogP contribution in [-0.4, -0.2) is 27.1 Å². The summed E-state index contributed by atoms with van der Waals surface area (Å²) in [4.78, 5) is 12.4. The number of nitrogens with one attached hydrogen (secondary N) is 1. The first-order valence-corrected chi connectivity index (χ1v) is 10.3. The Bertz CT molecular complexity index is 854. The van der Waals surface area contributed by atoms with E-state index in [1.54, 1.807) is 36.4 Å². The fourth-order valence-electron chi connectivity index (χ4n) is 2.16. The molecular formula is C20H23NO4S. The number of unbranched alkanes of at least 4 members (excludes halogenated alkanes) is 1. The minimum absolute atomic E-state index is 0.134. The van der Waals surface area contributed by atoms with Gasteiger partial charge in [0.15, 0.2) is 15.6 Å². The van der Waals surface area contributed by atoms with Gasteiger partial charge in [-0.1, -0.05) is 13.3 Å². The fourth-order valence-corrected chi connectivity index (χ4v) is 2.79. The first-order chi connectivity index (χ1) is 12.4. The van der Waals surface area contributed by atoms with Crippen molar-refractivity contribution in [1.82, 2.24) is 0 Å². The number of carbonyl (C=O) groups excluding carboxylic acids is 1. The predicted octanol–water partition coefficient (Wildman–Crippen LogP) is 4.08. The molecule has 0 heterocycles. The van der Waals surface area contributed by atoms with Gasteiger partial charge in [0.05, 0.1) is 11.5 Å². The lowest BCUT2D eigenvalue weighted by Crippen LogP contribution is -1.99. The fraction of sp³-hybridized carbons (Fsp3) is 0.250. The molecule has 0 spiro atoms. The van der Waals surface area contributed by atoms with E-state index in [-0.39, 0.29) is 10.7 Å². The summed E-state index contributed by atoms with van der Waals surface area (Å²) in [5.41, 5.74) is 1.26.